The van der Waals surface area contributed by atoms with Crippen LogP contribution < -0.4 is 11.1 Å². The van der Waals surface area contributed by atoms with Gasteiger partial charge in [0.2, 0.25) is 0 Å². The molecule has 1 saturated heterocycles. The third kappa shape index (κ3) is 3.81. The summed E-state index contributed by atoms with van der Waals surface area (Å²) in [5.74, 6) is 0.992. The summed E-state index contributed by atoms with van der Waals surface area (Å²) in [5, 5.41) is 4.19. The molecule has 0 saturated carbocycles. The van der Waals surface area contributed by atoms with Gasteiger partial charge in [-0.3, -0.25) is 0 Å². The molecule has 0 aromatic carbocycles. The summed E-state index contributed by atoms with van der Waals surface area (Å²) >= 11 is 6.06. The highest BCUT2D eigenvalue weighted by molar-refractivity contribution is 6.30. The molecule has 4 nitrogen and oxygen atoms in total. The van der Waals surface area contributed by atoms with Gasteiger partial charge >= 0.3 is 0 Å². The topological polar surface area (TPSA) is 60.2 Å². The Morgan fingerprint density at radius 1 is 1.63 bits per heavy atom. The first kappa shape index (κ1) is 14.6. The molecule has 2 rings (SSSR count). The second kappa shape index (κ2) is 7.08. The van der Waals surface area contributed by atoms with E-state index in [-0.39, 0.29) is 6.04 Å². The van der Waals surface area contributed by atoms with Gasteiger partial charge in [0.05, 0.1) is 11.6 Å². The zero-order chi connectivity index (χ0) is 13.7. The smallest absolute Gasteiger partial charge is 0.128 e. The van der Waals surface area contributed by atoms with E-state index in [9.17, 15) is 0 Å². The van der Waals surface area contributed by atoms with Crippen molar-refractivity contribution in [1.29, 1.82) is 0 Å². The van der Waals surface area contributed by atoms with E-state index in [4.69, 9.17) is 22.1 Å². The molecular formula is C14H22ClN3O. The summed E-state index contributed by atoms with van der Waals surface area (Å²) in [6.07, 6.45) is 4.92. The van der Waals surface area contributed by atoms with Gasteiger partial charge < -0.3 is 15.8 Å². The predicted molar refractivity (Wildman–Crippen MR) is 78.2 cm³/mol. The summed E-state index contributed by atoms with van der Waals surface area (Å²) in [4.78, 5) is 4.17. The molecule has 0 amide bonds. The van der Waals surface area contributed by atoms with Crippen molar-refractivity contribution in [2.24, 2.45) is 5.92 Å². The Kier molecular flexibility index (Phi) is 5.43. The molecule has 1 fully saturated rings. The van der Waals surface area contributed by atoms with Crippen molar-refractivity contribution < 1.29 is 4.74 Å². The summed E-state index contributed by atoms with van der Waals surface area (Å²) in [6, 6.07) is 2.10. The maximum Gasteiger partial charge on any atom is 0.128 e. The number of pyridine rings is 1. The Morgan fingerprint density at radius 3 is 3.16 bits per heavy atom. The monoisotopic (exact) mass is 283 g/mol. The number of rotatable bonds is 5. The lowest BCUT2D eigenvalue weighted by Crippen LogP contribution is -2.34. The fourth-order valence-corrected chi connectivity index (χ4v) is 2.74. The van der Waals surface area contributed by atoms with Crippen LogP contribution in [0.4, 0.5) is 5.82 Å². The van der Waals surface area contributed by atoms with Gasteiger partial charge in [-0.15, -0.1) is 0 Å². The van der Waals surface area contributed by atoms with E-state index in [0.717, 1.165) is 44.6 Å². The fourth-order valence-electron chi connectivity index (χ4n) is 2.57. The second-order valence-electron chi connectivity index (χ2n) is 5.04. The molecule has 0 bridgehead atoms. The first-order chi connectivity index (χ1) is 9.22. The average molecular weight is 284 g/mol. The number of ether oxygens (including phenoxy) is 1. The van der Waals surface area contributed by atoms with Gasteiger partial charge in [0.15, 0.2) is 0 Å². The van der Waals surface area contributed by atoms with Crippen molar-refractivity contribution in [3.63, 3.8) is 0 Å². The van der Waals surface area contributed by atoms with E-state index >= 15 is 0 Å². The highest BCUT2D eigenvalue weighted by atomic mass is 35.5. The summed E-state index contributed by atoms with van der Waals surface area (Å²) in [5.41, 5.74) is 7.01. The molecule has 19 heavy (non-hydrogen) atoms. The normalized spacial score (nSPS) is 21.3. The molecule has 1 aromatic rings. The second-order valence-corrected chi connectivity index (χ2v) is 5.47. The average Bonchev–Trinajstić information content (AvgIpc) is 2.44. The zero-order valence-corrected chi connectivity index (χ0v) is 12.1. The van der Waals surface area contributed by atoms with Crippen molar-refractivity contribution >= 4 is 17.4 Å². The number of halogens is 1. The van der Waals surface area contributed by atoms with Crippen molar-refractivity contribution in [2.75, 3.05) is 25.5 Å². The minimum Gasteiger partial charge on any atom is -0.383 e. The number of nitrogen functional groups attached to an aromatic ring is 1. The molecule has 2 unspecified atom stereocenters. The Morgan fingerprint density at radius 2 is 2.47 bits per heavy atom. The summed E-state index contributed by atoms with van der Waals surface area (Å²) in [6.45, 7) is 4.74. The van der Waals surface area contributed by atoms with Gasteiger partial charge in [-0.2, -0.15) is 0 Å². The molecule has 1 aliphatic heterocycles. The molecule has 2 atom stereocenters. The lowest BCUT2D eigenvalue weighted by Gasteiger charge is -2.31. The minimum atomic E-state index is 0.173. The van der Waals surface area contributed by atoms with Crippen LogP contribution in [0, 0.1) is 5.92 Å². The molecule has 1 aliphatic rings. The van der Waals surface area contributed by atoms with E-state index in [0.29, 0.717) is 16.8 Å². The number of anilines is 1. The molecule has 0 aliphatic carbocycles. The van der Waals surface area contributed by atoms with Crippen LogP contribution in [0.3, 0.4) is 0 Å². The van der Waals surface area contributed by atoms with Gasteiger partial charge in [0.25, 0.3) is 0 Å². The lowest BCUT2D eigenvalue weighted by molar-refractivity contribution is 0.0391. The van der Waals surface area contributed by atoms with Gasteiger partial charge in [0.1, 0.15) is 5.82 Å². The van der Waals surface area contributed by atoms with E-state index in [1.807, 2.05) is 6.07 Å². The zero-order valence-electron chi connectivity index (χ0n) is 11.4. The van der Waals surface area contributed by atoms with Crippen LogP contribution in [-0.4, -0.2) is 24.7 Å². The lowest BCUT2D eigenvalue weighted by atomic mass is 9.88. The molecule has 1 aromatic heterocycles. The largest absolute Gasteiger partial charge is 0.383 e. The molecule has 3 N–H and O–H groups in total. The molecule has 106 valence electrons. The Balaban J connectivity index is 2.22. The summed E-state index contributed by atoms with van der Waals surface area (Å²) < 4.78 is 5.60. The number of nitrogens with zero attached hydrogens (tertiary/aromatic N) is 1. The highest BCUT2D eigenvalue weighted by Crippen LogP contribution is 2.32. The maximum absolute atomic E-state index is 6.06. The molecule has 5 heteroatoms. The van der Waals surface area contributed by atoms with E-state index in [1.165, 1.54) is 0 Å². The Bertz CT molecular complexity index is 408. The van der Waals surface area contributed by atoms with Crippen LogP contribution in [-0.2, 0) is 4.74 Å². The number of nitrogens with two attached hydrogens (primary N) is 1. The molecule has 2 heterocycles. The van der Waals surface area contributed by atoms with Crippen molar-refractivity contribution in [3.05, 3.63) is 22.8 Å². The first-order valence-corrected chi connectivity index (χ1v) is 7.32. The van der Waals surface area contributed by atoms with Crippen molar-refractivity contribution in [1.82, 2.24) is 10.3 Å². The number of hydrogen-bond acceptors (Lipinski definition) is 4. The standard InChI is InChI=1S/C14H22ClN3O/c1-2-5-17-13(10-4-3-6-19-9-10)12-7-11(15)8-18-14(12)16/h7-8,10,13,17H,2-6,9H2,1H3,(H2,16,18). The Labute approximate surface area is 119 Å². The SMILES string of the molecule is CCCNC(c1cc(Cl)cnc1N)C1CCCOC1. The van der Waals surface area contributed by atoms with Crippen LogP contribution in [0.15, 0.2) is 12.3 Å². The van der Waals surface area contributed by atoms with E-state index in [1.54, 1.807) is 6.20 Å². The van der Waals surface area contributed by atoms with E-state index < -0.39 is 0 Å². The predicted octanol–water partition coefficient (Wildman–Crippen LogP) is 2.78. The van der Waals surface area contributed by atoms with Crippen LogP contribution in [0.2, 0.25) is 5.02 Å². The molecule has 0 spiro atoms. The number of nitrogens with one attached hydrogen (secondary N) is 1. The van der Waals surface area contributed by atoms with Crippen LogP contribution in [0.5, 0.6) is 0 Å². The minimum absolute atomic E-state index is 0.173. The number of aromatic nitrogens is 1. The van der Waals surface area contributed by atoms with Crippen LogP contribution in [0.1, 0.15) is 37.8 Å². The van der Waals surface area contributed by atoms with Crippen molar-refractivity contribution in [3.8, 4) is 0 Å². The van der Waals surface area contributed by atoms with Gasteiger partial charge in [-0.1, -0.05) is 18.5 Å². The third-order valence-corrected chi connectivity index (χ3v) is 3.74. The number of hydrogen-bond donors (Lipinski definition) is 2. The summed E-state index contributed by atoms with van der Waals surface area (Å²) in [7, 11) is 0. The molecule has 0 radical (unpaired) electrons. The molecular weight excluding hydrogens is 262 g/mol. The van der Waals surface area contributed by atoms with Crippen molar-refractivity contribution in [2.45, 2.75) is 32.2 Å². The van der Waals surface area contributed by atoms with Crippen LogP contribution in [0.25, 0.3) is 0 Å². The fraction of sp³-hybridized carbons (Fsp3) is 0.643. The third-order valence-electron chi connectivity index (χ3n) is 3.53. The van der Waals surface area contributed by atoms with E-state index in [2.05, 4.69) is 17.2 Å². The highest BCUT2D eigenvalue weighted by Gasteiger charge is 2.27. The Hall–Kier alpha value is -0.840. The maximum atomic E-state index is 6.06. The van der Waals surface area contributed by atoms with Crippen LogP contribution >= 0.6 is 11.6 Å². The van der Waals surface area contributed by atoms with Gasteiger partial charge in [0, 0.05) is 30.3 Å². The van der Waals surface area contributed by atoms with Gasteiger partial charge in [-0.05, 0) is 31.9 Å². The van der Waals surface area contributed by atoms with Gasteiger partial charge in [-0.25, -0.2) is 4.98 Å². The quantitative estimate of drug-likeness (QED) is 0.872. The first-order valence-electron chi connectivity index (χ1n) is 6.94.